The molecular weight excluding hydrogens is 412 g/mol. The van der Waals surface area contributed by atoms with Gasteiger partial charge in [-0.05, 0) is 59.5 Å². The monoisotopic (exact) mass is 436 g/mol. The predicted molar refractivity (Wildman–Crippen MR) is 121 cm³/mol. The molecule has 3 aromatic rings. The number of hydrogen-bond donors (Lipinski definition) is 1. The number of methoxy groups -OCH3 is 1. The molecular formula is C24H24N2O4S. The second-order valence-corrected chi connectivity index (χ2v) is 9.26. The maximum atomic E-state index is 12.8. The highest BCUT2D eigenvalue weighted by atomic mass is 32.2. The van der Waals surface area contributed by atoms with E-state index in [0.29, 0.717) is 35.7 Å². The lowest BCUT2D eigenvalue weighted by atomic mass is 9.98. The predicted octanol–water partition coefficient (Wildman–Crippen LogP) is 3.84. The normalized spacial score (nSPS) is 13.4. The number of carbonyl (C=O) groups excluding carboxylic acids is 1. The molecule has 160 valence electrons. The molecule has 1 aliphatic heterocycles. The number of rotatable bonds is 6. The summed E-state index contributed by atoms with van der Waals surface area (Å²) in [5.41, 5.74) is 3.88. The van der Waals surface area contributed by atoms with Gasteiger partial charge in [-0.15, -0.1) is 0 Å². The second kappa shape index (κ2) is 8.81. The van der Waals surface area contributed by atoms with E-state index in [1.807, 2.05) is 30.3 Å². The minimum absolute atomic E-state index is 0.0183. The molecule has 6 nitrogen and oxygen atoms in total. The molecule has 0 atom stereocenters. The lowest BCUT2D eigenvalue weighted by molar-refractivity contribution is 0.0734. The number of benzene rings is 3. The number of ether oxygens (including phenoxy) is 1. The third-order valence-electron chi connectivity index (χ3n) is 5.29. The number of amides is 1. The van der Waals surface area contributed by atoms with E-state index in [1.165, 1.54) is 0 Å². The third kappa shape index (κ3) is 5.06. The Morgan fingerprint density at radius 3 is 2.58 bits per heavy atom. The summed E-state index contributed by atoms with van der Waals surface area (Å²) in [6.45, 7) is 1.09. The summed E-state index contributed by atoms with van der Waals surface area (Å²) in [5, 5.41) is 0. The van der Waals surface area contributed by atoms with Gasteiger partial charge in [-0.2, -0.15) is 0 Å². The van der Waals surface area contributed by atoms with Crippen LogP contribution in [0.15, 0.2) is 72.8 Å². The van der Waals surface area contributed by atoms with Crippen LogP contribution in [0.3, 0.4) is 0 Å². The van der Waals surface area contributed by atoms with Gasteiger partial charge in [0.05, 0.1) is 12.9 Å². The van der Waals surface area contributed by atoms with Crippen LogP contribution in [0.1, 0.15) is 27.0 Å². The Hall–Kier alpha value is -3.32. The number of fused-ring (bicyclic) bond motifs is 1. The van der Waals surface area contributed by atoms with Crippen LogP contribution in [-0.4, -0.2) is 32.9 Å². The maximum Gasteiger partial charge on any atom is 0.254 e. The van der Waals surface area contributed by atoms with E-state index in [2.05, 4.69) is 4.72 Å². The molecule has 1 aliphatic rings. The molecule has 1 N–H and O–H groups in total. The molecule has 7 heteroatoms. The van der Waals surface area contributed by atoms with Crippen LogP contribution in [0, 0.1) is 0 Å². The van der Waals surface area contributed by atoms with Crippen molar-refractivity contribution in [1.82, 2.24) is 4.90 Å². The smallest absolute Gasteiger partial charge is 0.254 e. The van der Waals surface area contributed by atoms with Crippen molar-refractivity contribution in [2.45, 2.75) is 18.7 Å². The van der Waals surface area contributed by atoms with E-state index in [4.69, 9.17) is 4.74 Å². The number of carbonyl (C=O) groups is 1. The van der Waals surface area contributed by atoms with E-state index in [1.54, 1.807) is 54.5 Å². The number of sulfonamides is 1. The molecule has 1 heterocycles. The Labute approximate surface area is 182 Å². The first kappa shape index (κ1) is 20.9. The van der Waals surface area contributed by atoms with Gasteiger partial charge in [0.1, 0.15) is 5.75 Å². The molecule has 4 rings (SSSR count). The fourth-order valence-electron chi connectivity index (χ4n) is 3.75. The highest BCUT2D eigenvalue weighted by Crippen LogP contribution is 2.25. The van der Waals surface area contributed by atoms with Crippen molar-refractivity contribution in [3.8, 4) is 5.75 Å². The number of anilines is 1. The van der Waals surface area contributed by atoms with Crippen molar-refractivity contribution in [1.29, 1.82) is 0 Å². The van der Waals surface area contributed by atoms with Crippen LogP contribution in [-0.2, 0) is 28.7 Å². The first-order valence-corrected chi connectivity index (χ1v) is 11.7. The van der Waals surface area contributed by atoms with Gasteiger partial charge in [0.2, 0.25) is 10.0 Å². The van der Waals surface area contributed by atoms with Crippen molar-refractivity contribution in [2.24, 2.45) is 0 Å². The third-order valence-corrected chi connectivity index (χ3v) is 6.55. The van der Waals surface area contributed by atoms with Crippen molar-refractivity contribution in [2.75, 3.05) is 18.4 Å². The quantitative estimate of drug-likeness (QED) is 0.637. The van der Waals surface area contributed by atoms with E-state index in [9.17, 15) is 13.2 Å². The fraction of sp³-hybridized carbons (Fsp3) is 0.208. The number of hydrogen-bond acceptors (Lipinski definition) is 4. The van der Waals surface area contributed by atoms with Gasteiger partial charge >= 0.3 is 0 Å². The van der Waals surface area contributed by atoms with Crippen molar-refractivity contribution < 1.29 is 17.9 Å². The molecule has 3 aromatic carbocycles. The second-order valence-electron chi connectivity index (χ2n) is 7.54. The van der Waals surface area contributed by atoms with E-state index in [-0.39, 0.29) is 11.7 Å². The standard InChI is InChI=1S/C24H24N2O4S/c1-30-23-9-5-6-18(14-23)17-31(28,29)25-22-11-10-19-12-13-26(16-21(19)15-22)24(27)20-7-3-2-4-8-20/h2-11,14-15,25H,12-13,16-17H2,1H3. The number of nitrogens with zero attached hydrogens (tertiary/aromatic N) is 1. The van der Waals surface area contributed by atoms with Crippen LogP contribution in [0.2, 0.25) is 0 Å². The summed E-state index contributed by atoms with van der Waals surface area (Å²) < 4.78 is 33.2. The van der Waals surface area contributed by atoms with Gasteiger partial charge in [-0.3, -0.25) is 9.52 Å². The van der Waals surface area contributed by atoms with Crippen LogP contribution < -0.4 is 9.46 Å². The molecule has 0 bridgehead atoms. The van der Waals surface area contributed by atoms with E-state index in [0.717, 1.165) is 17.5 Å². The van der Waals surface area contributed by atoms with Crippen molar-refractivity contribution >= 4 is 21.6 Å². The molecule has 0 saturated carbocycles. The molecule has 0 spiro atoms. The van der Waals surface area contributed by atoms with E-state index < -0.39 is 10.0 Å². The minimum Gasteiger partial charge on any atom is -0.497 e. The first-order chi connectivity index (χ1) is 14.9. The first-order valence-electron chi connectivity index (χ1n) is 10.0. The van der Waals surface area contributed by atoms with Gasteiger partial charge in [-0.1, -0.05) is 36.4 Å². The van der Waals surface area contributed by atoms with Gasteiger partial charge in [0.15, 0.2) is 0 Å². The maximum absolute atomic E-state index is 12.8. The summed E-state index contributed by atoms with van der Waals surface area (Å²) in [4.78, 5) is 14.6. The van der Waals surface area contributed by atoms with Crippen LogP contribution in [0.25, 0.3) is 0 Å². The largest absolute Gasteiger partial charge is 0.497 e. The molecule has 0 radical (unpaired) electrons. The summed E-state index contributed by atoms with van der Waals surface area (Å²) >= 11 is 0. The Balaban J connectivity index is 1.48. The summed E-state index contributed by atoms with van der Waals surface area (Å²) in [6, 6.07) is 21.7. The Morgan fingerprint density at radius 1 is 1.00 bits per heavy atom. The van der Waals surface area contributed by atoms with Gasteiger partial charge in [-0.25, -0.2) is 8.42 Å². The SMILES string of the molecule is COc1cccc(CS(=O)(=O)Nc2ccc3c(c2)CN(C(=O)c2ccccc2)CC3)c1. The lowest BCUT2D eigenvalue weighted by Crippen LogP contribution is -2.36. The van der Waals surface area contributed by atoms with E-state index >= 15 is 0 Å². The fourth-order valence-corrected chi connectivity index (χ4v) is 4.93. The summed E-state index contributed by atoms with van der Waals surface area (Å²) in [7, 11) is -2.05. The lowest BCUT2D eigenvalue weighted by Gasteiger charge is -2.29. The average Bonchev–Trinajstić information content (AvgIpc) is 2.78. The van der Waals surface area contributed by atoms with Crippen LogP contribution in [0.4, 0.5) is 5.69 Å². The Kier molecular flexibility index (Phi) is 5.95. The Morgan fingerprint density at radius 2 is 1.81 bits per heavy atom. The van der Waals surface area contributed by atoms with Gasteiger partial charge < -0.3 is 9.64 Å². The zero-order valence-electron chi connectivity index (χ0n) is 17.2. The highest BCUT2D eigenvalue weighted by Gasteiger charge is 2.22. The van der Waals surface area contributed by atoms with Crippen molar-refractivity contribution in [3.05, 3.63) is 95.1 Å². The molecule has 0 aliphatic carbocycles. The topological polar surface area (TPSA) is 75.7 Å². The molecule has 31 heavy (non-hydrogen) atoms. The highest BCUT2D eigenvalue weighted by molar-refractivity contribution is 7.91. The average molecular weight is 437 g/mol. The zero-order chi connectivity index (χ0) is 21.8. The minimum atomic E-state index is -3.60. The van der Waals surface area contributed by atoms with Crippen LogP contribution >= 0.6 is 0 Å². The molecule has 0 fully saturated rings. The zero-order valence-corrected chi connectivity index (χ0v) is 18.1. The molecule has 0 unspecified atom stereocenters. The van der Waals surface area contributed by atoms with Crippen LogP contribution in [0.5, 0.6) is 5.75 Å². The number of nitrogens with one attached hydrogen (secondary N) is 1. The molecule has 1 amide bonds. The van der Waals surface area contributed by atoms with Crippen molar-refractivity contribution in [3.63, 3.8) is 0 Å². The summed E-state index contributed by atoms with van der Waals surface area (Å²) in [5.74, 6) is 0.444. The Bertz CT molecular complexity index is 1190. The van der Waals surface area contributed by atoms with Gasteiger partial charge in [0, 0.05) is 24.3 Å². The molecule has 0 aromatic heterocycles. The molecule has 0 saturated heterocycles. The van der Waals surface area contributed by atoms with Gasteiger partial charge in [0.25, 0.3) is 5.91 Å². The summed E-state index contributed by atoms with van der Waals surface area (Å²) in [6.07, 6.45) is 0.741.